The summed E-state index contributed by atoms with van der Waals surface area (Å²) in [5, 5.41) is 9.11. The van der Waals surface area contributed by atoms with Crippen molar-refractivity contribution < 1.29 is 14.7 Å². The molecule has 25 heavy (non-hydrogen) atoms. The van der Waals surface area contributed by atoms with Gasteiger partial charge in [-0.1, -0.05) is 72.8 Å². The Balaban J connectivity index is 1.98. The third kappa shape index (κ3) is 3.54. The maximum Gasteiger partial charge on any atom is 0.255 e. The van der Waals surface area contributed by atoms with Crippen LogP contribution in [-0.4, -0.2) is 18.2 Å². The van der Waals surface area contributed by atoms with Crippen LogP contribution in [0.15, 0.2) is 78.9 Å². The van der Waals surface area contributed by atoms with Crippen LogP contribution >= 0.6 is 0 Å². The molecular weight excluding hydrogens is 314 g/mol. The lowest BCUT2D eigenvalue weighted by Crippen LogP contribution is -2.27. The number of nitrogens with one attached hydrogen (secondary N) is 1. The van der Waals surface area contributed by atoms with E-state index in [2.05, 4.69) is 0 Å². The minimum absolute atomic E-state index is 0.462. The second kappa shape index (κ2) is 7.64. The molecule has 3 aromatic rings. The van der Waals surface area contributed by atoms with E-state index < -0.39 is 11.8 Å². The molecule has 126 valence electrons. The molecule has 1 atom stereocenters. The maximum absolute atomic E-state index is 12.2. The second-order valence-corrected chi connectivity index (χ2v) is 5.64. The van der Waals surface area contributed by atoms with E-state index in [0.717, 1.165) is 28.0 Å². The van der Waals surface area contributed by atoms with Crippen LogP contribution < -0.4 is 10.2 Å². The Bertz CT molecular complexity index is 845. The van der Waals surface area contributed by atoms with Gasteiger partial charge in [-0.2, -0.15) is 0 Å². The standard InChI is InChI=1S/C21H19NO3/c1-25-19-10-6-5-9-18(19)15-11-13-17(14-12-15)20(21(23)22-24)16-7-3-2-4-8-16/h2-14,20,24H,1H3,(H,22,23). The predicted molar refractivity (Wildman–Crippen MR) is 96.6 cm³/mol. The van der Waals surface area contributed by atoms with Crippen molar-refractivity contribution >= 4 is 5.91 Å². The van der Waals surface area contributed by atoms with Gasteiger partial charge in [-0.05, 0) is 22.8 Å². The van der Waals surface area contributed by atoms with Gasteiger partial charge in [0.15, 0.2) is 0 Å². The number of ether oxygens (including phenoxy) is 1. The molecule has 0 aliphatic heterocycles. The van der Waals surface area contributed by atoms with Crippen LogP contribution in [0.1, 0.15) is 17.0 Å². The van der Waals surface area contributed by atoms with Crippen molar-refractivity contribution in [2.75, 3.05) is 7.11 Å². The summed E-state index contributed by atoms with van der Waals surface area (Å²) < 4.78 is 5.41. The molecule has 3 aromatic carbocycles. The van der Waals surface area contributed by atoms with E-state index in [4.69, 9.17) is 9.94 Å². The molecule has 0 saturated heterocycles. The number of carbonyl (C=O) groups is 1. The van der Waals surface area contributed by atoms with Gasteiger partial charge in [-0.3, -0.25) is 10.0 Å². The van der Waals surface area contributed by atoms with E-state index in [9.17, 15) is 4.79 Å². The van der Waals surface area contributed by atoms with Crippen molar-refractivity contribution in [1.82, 2.24) is 5.48 Å². The van der Waals surface area contributed by atoms with Crippen LogP contribution in [0.5, 0.6) is 5.75 Å². The Hall–Kier alpha value is -3.11. The Kier molecular flexibility index (Phi) is 5.11. The first kappa shape index (κ1) is 16.7. The molecule has 0 saturated carbocycles. The van der Waals surface area contributed by atoms with Gasteiger partial charge in [0.05, 0.1) is 13.0 Å². The number of methoxy groups -OCH3 is 1. The van der Waals surface area contributed by atoms with Crippen molar-refractivity contribution in [2.24, 2.45) is 0 Å². The molecule has 0 fully saturated rings. The summed E-state index contributed by atoms with van der Waals surface area (Å²) >= 11 is 0. The zero-order valence-electron chi connectivity index (χ0n) is 13.8. The number of hydrogen-bond donors (Lipinski definition) is 2. The fourth-order valence-corrected chi connectivity index (χ4v) is 2.94. The summed E-state index contributed by atoms with van der Waals surface area (Å²) in [5.41, 5.74) is 5.37. The second-order valence-electron chi connectivity index (χ2n) is 5.64. The van der Waals surface area contributed by atoms with Crippen molar-refractivity contribution in [3.05, 3.63) is 90.0 Å². The summed E-state index contributed by atoms with van der Waals surface area (Å²) in [4.78, 5) is 12.2. The molecule has 0 heterocycles. The molecule has 0 aliphatic rings. The first-order chi connectivity index (χ1) is 12.2. The molecule has 0 spiro atoms. The monoisotopic (exact) mass is 333 g/mol. The van der Waals surface area contributed by atoms with Gasteiger partial charge in [0.1, 0.15) is 5.75 Å². The van der Waals surface area contributed by atoms with Crippen molar-refractivity contribution in [1.29, 1.82) is 0 Å². The smallest absolute Gasteiger partial charge is 0.255 e. The number of para-hydroxylation sites is 1. The molecule has 4 nitrogen and oxygen atoms in total. The average Bonchev–Trinajstić information content (AvgIpc) is 2.69. The lowest BCUT2D eigenvalue weighted by atomic mass is 9.89. The highest BCUT2D eigenvalue weighted by Gasteiger charge is 2.22. The molecule has 1 amide bonds. The quantitative estimate of drug-likeness (QED) is 0.548. The van der Waals surface area contributed by atoms with Crippen molar-refractivity contribution in [3.8, 4) is 16.9 Å². The van der Waals surface area contributed by atoms with E-state index in [0.29, 0.717) is 0 Å². The number of carbonyl (C=O) groups excluding carboxylic acids is 1. The zero-order chi connectivity index (χ0) is 17.6. The van der Waals surface area contributed by atoms with Crippen LogP contribution in [0, 0.1) is 0 Å². The molecular formula is C21H19NO3. The summed E-state index contributed by atoms with van der Waals surface area (Å²) in [6, 6.07) is 24.9. The van der Waals surface area contributed by atoms with Crippen LogP contribution in [0.25, 0.3) is 11.1 Å². The minimum atomic E-state index is -0.571. The molecule has 0 aromatic heterocycles. The predicted octanol–water partition coefficient (Wildman–Crippen LogP) is 4.00. The fraction of sp³-hybridized carbons (Fsp3) is 0.0952. The SMILES string of the molecule is COc1ccccc1-c1ccc(C(C(=O)NO)c2ccccc2)cc1. The van der Waals surface area contributed by atoms with E-state index in [1.807, 2.05) is 78.9 Å². The maximum atomic E-state index is 12.2. The minimum Gasteiger partial charge on any atom is -0.496 e. The van der Waals surface area contributed by atoms with Gasteiger partial charge in [0.2, 0.25) is 0 Å². The van der Waals surface area contributed by atoms with Gasteiger partial charge in [0, 0.05) is 5.56 Å². The highest BCUT2D eigenvalue weighted by molar-refractivity contribution is 5.86. The Morgan fingerprint density at radius 3 is 2.12 bits per heavy atom. The van der Waals surface area contributed by atoms with E-state index >= 15 is 0 Å². The number of benzene rings is 3. The van der Waals surface area contributed by atoms with Gasteiger partial charge < -0.3 is 4.74 Å². The number of hydrogen-bond acceptors (Lipinski definition) is 3. The van der Waals surface area contributed by atoms with E-state index in [1.165, 1.54) is 0 Å². The third-order valence-electron chi connectivity index (χ3n) is 4.17. The average molecular weight is 333 g/mol. The van der Waals surface area contributed by atoms with E-state index in [-0.39, 0.29) is 0 Å². The van der Waals surface area contributed by atoms with Crippen molar-refractivity contribution in [2.45, 2.75) is 5.92 Å². The first-order valence-corrected chi connectivity index (χ1v) is 7.97. The highest BCUT2D eigenvalue weighted by atomic mass is 16.5. The molecule has 4 heteroatoms. The number of amides is 1. The molecule has 0 bridgehead atoms. The molecule has 0 aliphatic carbocycles. The first-order valence-electron chi connectivity index (χ1n) is 7.97. The summed E-state index contributed by atoms with van der Waals surface area (Å²) in [7, 11) is 1.64. The van der Waals surface area contributed by atoms with Gasteiger partial charge in [-0.25, -0.2) is 5.48 Å². The lowest BCUT2D eigenvalue weighted by Gasteiger charge is -2.16. The summed E-state index contributed by atoms with van der Waals surface area (Å²) in [6.45, 7) is 0. The Labute approximate surface area is 146 Å². The molecule has 2 N–H and O–H groups in total. The number of rotatable bonds is 5. The summed E-state index contributed by atoms with van der Waals surface area (Å²) in [6.07, 6.45) is 0. The normalized spacial score (nSPS) is 11.6. The summed E-state index contributed by atoms with van der Waals surface area (Å²) in [5.74, 6) is -0.239. The molecule has 1 unspecified atom stereocenters. The van der Waals surface area contributed by atoms with Crippen LogP contribution in [0.2, 0.25) is 0 Å². The van der Waals surface area contributed by atoms with Crippen LogP contribution in [0.4, 0.5) is 0 Å². The fourth-order valence-electron chi connectivity index (χ4n) is 2.94. The topological polar surface area (TPSA) is 58.6 Å². The van der Waals surface area contributed by atoms with Crippen LogP contribution in [0.3, 0.4) is 0 Å². The Morgan fingerprint density at radius 2 is 1.48 bits per heavy atom. The van der Waals surface area contributed by atoms with Gasteiger partial charge >= 0.3 is 0 Å². The van der Waals surface area contributed by atoms with Crippen LogP contribution in [-0.2, 0) is 4.79 Å². The molecule has 0 radical (unpaired) electrons. The third-order valence-corrected chi connectivity index (χ3v) is 4.17. The van der Waals surface area contributed by atoms with E-state index in [1.54, 1.807) is 12.6 Å². The number of hydroxylamine groups is 1. The highest BCUT2D eigenvalue weighted by Crippen LogP contribution is 2.32. The van der Waals surface area contributed by atoms with Gasteiger partial charge in [-0.15, -0.1) is 0 Å². The zero-order valence-corrected chi connectivity index (χ0v) is 13.8. The molecule has 3 rings (SSSR count). The largest absolute Gasteiger partial charge is 0.496 e. The van der Waals surface area contributed by atoms with Gasteiger partial charge in [0.25, 0.3) is 5.91 Å². The Morgan fingerprint density at radius 1 is 0.880 bits per heavy atom. The van der Waals surface area contributed by atoms with Crippen molar-refractivity contribution in [3.63, 3.8) is 0 Å². The lowest BCUT2D eigenvalue weighted by molar-refractivity contribution is -0.129.